The van der Waals surface area contributed by atoms with Crippen molar-refractivity contribution in [3.63, 3.8) is 0 Å². The van der Waals surface area contributed by atoms with Crippen LogP contribution in [0.5, 0.6) is 23.0 Å². The number of esters is 4. The van der Waals surface area contributed by atoms with Gasteiger partial charge in [0.25, 0.3) is 0 Å². The molecule has 4 aromatic carbocycles. The summed E-state index contributed by atoms with van der Waals surface area (Å²) in [6.07, 6.45) is 0. The van der Waals surface area contributed by atoms with Crippen LogP contribution in [0.1, 0.15) is 77.6 Å². The summed E-state index contributed by atoms with van der Waals surface area (Å²) in [5.41, 5.74) is 36.2. The van der Waals surface area contributed by atoms with Crippen molar-refractivity contribution < 1.29 is 76.2 Å². The van der Waals surface area contributed by atoms with Crippen molar-refractivity contribution in [1.29, 1.82) is 0 Å². The fourth-order valence-corrected chi connectivity index (χ4v) is 6.15. The van der Waals surface area contributed by atoms with Gasteiger partial charge in [-0.2, -0.15) is 19.2 Å². The highest BCUT2D eigenvalue weighted by atomic mass is 16.6. The number of benzene rings is 4. The van der Waals surface area contributed by atoms with Gasteiger partial charge in [-0.3, -0.25) is 0 Å². The first-order valence-corrected chi connectivity index (χ1v) is 23.4. The van der Waals surface area contributed by atoms with E-state index in [-0.39, 0.29) is 45.9 Å². The summed E-state index contributed by atoms with van der Waals surface area (Å²) < 4.78 is 45.6. The smallest absolute Gasteiger partial charge is 0.422 e. The zero-order valence-electron chi connectivity index (χ0n) is 42.2. The third kappa shape index (κ3) is 18.0. The largest absolute Gasteiger partial charge is 0.493 e. The third-order valence-electron chi connectivity index (χ3n) is 10.1. The van der Waals surface area contributed by atoms with Gasteiger partial charge in [0, 0.05) is 0 Å². The molecule has 0 unspecified atom stereocenters. The normalized spacial score (nSPS) is 11.5. The molecule has 384 valence electrons. The molecule has 0 spiro atoms. The second kappa shape index (κ2) is 28.4. The lowest BCUT2D eigenvalue weighted by Gasteiger charge is -2.30. The van der Waals surface area contributed by atoms with Crippen molar-refractivity contribution in [2.45, 2.75) is 55.4 Å². The molecule has 0 aliphatic rings. The van der Waals surface area contributed by atoms with E-state index in [0.29, 0.717) is 49.4 Å². The Bertz CT molecular complexity index is 2350. The molecule has 0 aromatic heterocycles. The predicted octanol–water partition coefficient (Wildman–Crippen LogP) is 7.16. The molecule has 0 aliphatic carbocycles. The van der Waals surface area contributed by atoms with Crippen molar-refractivity contribution in [2.24, 2.45) is 29.1 Å². The molecule has 0 saturated carbocycles. The van der Waals surface area contributed by atoms with Crippen LogP contribution in [0.2, 0.25) is 0 Å². The Morgan fingerprint density at radius 2 is 0.534 bits per heavy atom. The summed E-state index contributed by atoms with van der Waals surface area (Å²) in [6.45, 7) is 13.7. The molecule has 0 radical (unpaired) electrons. The number of hydrogen-bond acceptors (Lipinski definition) is 12. The van der Waals surface area contributed by atoms with Crippen molar-refractivity contribution in [2.75, 3.05) is 52.9 Å². The Morgan fingerprint density at radius 1 is 0.356 bits per heavy atom. The molecule has 0 bridgehead atoms. The fraction of sp³-hybridized carbons (Fsp3) is 0.396. The zero-order chi connectivity index (χ0) is 53.5. The Hall–Kier alpha value is -8.52. The average molecular weight is 1000 g/mol. The number of carbonyl (C=O) groups excluding carboxylic acids is 4. The maximum absolute atomic E-state index is 13.8. The minimum absolute atomic E-state index is 0.0950. The summed E-state index contributed by atoms with van der Waals surface area (Å²) in [4.78, 5) is 68.0. The lowest BCUT2D eigenvalue weighted by atomic mass is 9.91. The van der Waals surface area contributed by atoms with Crippen LogP contribution in [0.4, 0.5) is 0 Å². The number of rotatable bonds is 28. The van der Waals surface area contributed by atoms with E-state index in [0.717, 1.165) is 0 Å². The van der Waals surface area contributed by atoms with Crippen LogP contribution in [0, 0.1) is 29.1 Å². The quantitative estimate of drug-likeness (QED) is 0.0180. The second-order valence-corrected chi connectivity index (χ2v) is 18.5. The molecular formula is C53H60N8O12. The molecule has 20 nitrogen and oxygen atoms in total. The summed E-state index contributed by atoms with van der Waals surface area (Å²) in [5, 5.41) is 0. The minimum atomic E-state index is -2.09. The van der Waals surface area contributed by atoms with Gasteiger partial charge in [0.2, 0.25) is 0 Å². The molecule has 0 amide bonds. The van der Waals surface area contributed by atoms with Crippen LogP contribution in [0.25, 0.3) is 22.1 Å². The van der Waals surface area contributed by atoms with Crippen LogP contribution in [0.3, 0.4) is 0 Å². The van der Waals surface area contributed by atoms with Crippen LogP contribution in [-0.2, 0) is 38.1 Å². The Morgan fingerprint density at radius 3 is 0.685 bits per heavy atom. The monoisotopic (exact) mass is 1000 g/mol. The van der Waals surface area contributed by atoms with Crippen LogP contribution in [-0.4, -0.2) is 119 Å². The predicted molar refractivity (Wildman–Crippen MR) is 264 cm³/mol. The van der Waals surface area contributed by atoms with Gasteiger partial charge in [0.05, 0.1) is 48.7 Å². The zero-order valence-corrected chi connectivity index (χ0v) is 42.2. The van der Waals surface area contributed by atoms with E-state index in [9.17, 15) is 41.3 Å². The number of hydrogen-bond donors (Lipinski definition) is 0. The first-order valence-electron chi connectivity index (χ1n) is 23.4. The van der Waals surface area contributed by atoms with Gasteiger partial charge in [-0.05, 0) is 121 Å². The molecule has 73 heavy (non-hydrogen) atoms. The molecule has 0 heterocycles. The van der Waals surface area contributed by atoms with Crippen molar-refractivity contribution in [1.82, 2.24) is 0 Å². The molecule has 0 fully saturated rings. The maximum atomic E-state index is 13.8. The molecule has 0 aliphatic heterocycles. The highest BCUT2D eigenvalue weighted by molar-refractivity contribution is 6.42. The van der Waals surface area contributed by atoms with Crippen LogP contribution in [0.15, 0.2) is 97.1 Å². The van der Waals surface area contributed by atoms with Gasteiger partial charge in [-0.15, -0.1) is 0 Å². The van der Waals surface area contributed by atoms with Crippen LogP contribution >= 0.6 is 0 Å². The van der Waals surface area contributed by atoms with E-state index < -0.39 is 78.6 Å². The first-order chi connectivity index (χ1) is 34.9. The van der Waals surface area contributed by atoms with E-state index in [1.165, 1.54) is 48.5 Å². The van der Waals surface area contributed by atoms with Gasteiger partial charge in [0.15, 0.2) is 0 Å². The van der Waals surface area contributed by atoms with Gasteiger partial charge in [0.1, 0.15) is 54.8 Å². The summed E-state index contributed by atoms with van der Waals surface area (Å²) >= 11 is 0. The maximum Gasteiger partial charge on any atom is 0.422 e. The van der Waals surface area contributed by atoms with Crippen LogP contribution < -0.4 is 18.9 Å². The average Bonchev–Trinajstić information content (AvgIpc) is 3.38. The molecule has 0 atom stereocenters. The molecule has 4 rings (SSSR count). The van der Waals surface area contributed by atoms with E-state index in [2.05, 4.69) is 19.2 Å². The molecule has 4 aromatic rings. The summed E-state index contributed by atoms with van der Waals surface area (Å²) in [5.74, 6) is -2.19. The number of nitrogens with zero attached hydrogens (tertiary/aromatic N) is 8. The third-order valence-corrected chi connectivity index (χ3v) is 10.1. The van der Waals surface area contributed by atoms with E-state index in [4.69, 9.17) is 37.9 Å². The summed E-state index contributed by atoms with van der Waals surface area (Å²) in [6, 6.07) is 23.9. The highest BCUT2D eigenvalue weighted by Gasteiger charge is 2.43. The van der Waals surface area contributed by atoms with E-state index in [1.807, 2.05) is 55.4 Å². The lowest BCUT2D eigenvalue weighted by Crippen LogP contribution is -2.46. The number of carbonyl (C=O) groups is 4. The topological polar surface area (TPSA) is 288 Å². The second-order valence-electron chi connectivity index (χ2n) is 18.5. The van der Waals surface area contributed by atoms with E-state index in [1.54, 1.807) is 48.5 Å². The SMILES string of the molecule is CC(C)COc1ccc(C(=[N+]=[N-])C(=O)OCC(COC(=O)C(=[N+]=[N-])c2ccc(OCC(C)C)cc2)(COC(=O)C(=[N+]=[N-])c2ccc(OCC(C)C)cc2)COC(=O)C(=[N+]=[N-])c2ccc(OCC(C)C)cc2)cc1. The summed E-state index contributed by atoms with van der Waals surface area (Å²) in [7, 11) is 0. The fourth-order valence-electron chi connectivity index (χ4n) is 6.15. The molecule has 0 N–H and O–H groups in total. The Labute approximate surface area is 423 Å². The van der Waals surface area contributed by atoms with Gasteiger partial charge in [-0.25, -0.2) is 19.2 Å². The van der Waals surface area contributed by atoms with Crippen molar-refractivity contribution in [3.8, 4) is 23.0 Å². The van der Waals surface area contributed by atoms with Crippen molar-refractivity contribution >= 4 is 46.7 Å². The molecular weight excluding hydrogens is 941 g/mol. The van der Waals surface area contributed by atoms with Gasteiger partial charge in [-0.1, -0.05) is 55.4 Å². The Kier molecular flexibility index (Phi) is 22.2. The molecule has 0 saturated heterocycles. The van der Waals surface area contributed by atoms with Gasteiger partial charge < -0.3 is 60.0 Å². The van der Waals surface area contributed by atoms with E-state index >= 15 is 0 Å². The number of ether oxygens (including phenoxy) is 8. The minimum Gasteiger partial charge on any atom is -0.493 e. The van der Waals surface area contributed by atoms with Gasteiger partial charge >= 0.3 is 46.7 Å². The Balaban J connectivity index is 1.74. The first kappa shape index (κ1) is 57.1. The van der Waals surface area contributed by atoms with Crippen molar-refractivity contribution in [3.05, 3.63) is 141 Å². The standard InChI is InChI=1S/C53H60N8O12/c1-33(2)25-66-41-17-9-37(10-18-41)45(58-54)49(62)70-29-53(30-71-50(63)46(59-55)38-11-19-42(20-12-38)67-26-34(3)4,31-72-51(64)47(60-56)39-13-21-43(22-14-39)68-27-35(5)6)32-73-52(65)48(61-57)40-15-23-44(24-16-40)69-28-36(7)8/h9-24,33-36H,25-32H2,1-8H3. The highest BCUT2D eigenvalue weighted by Crippen LogP contribution is 2.25. The molecule has 20 heteroatoms. The lowest BCUT2D eigenvalue weighted by molar-refractivity contribution is -0.166.